The Morgan fingerprint density at radius 2 is 2.00 bits per heavy atom. The number of halogens is 1. The van der Waals surface area contributed by atoms with Crippen LogP contribution in [0.3, 0.4) is 0 Å². The summed E-state index contributed by atoms with van der Waals surface area (Å²) in [5.41, 5.74) is 3.79. The summed E-state index contributed by atoms with van der Waals surface area (Å²) < 4.78 is 1.19. The number of anilines is 1. The molecule has 0 saturated heterocycles. The third kappa shape index (κ3) is 2.90. The molecule has 90 valence electrons. The number of benzene rings is 1. The summed E-state index contributed by atoms with van der Waals surface area (Å²) in [5, 5.41) is 5.69. The third-order valence-corrected chi connectivity index (χ3v) is 4.86. The highest BCUT2D eigenvalue weighted by molar-refractivity contribution is 9.10. The molecule has 1 N–H and O–H groups in total. The van der Waals surface area contributed by atoms with E-state index in [0.717, 1.165) is 0 Å². The van der Waals surface area contributed by atoms with Crippen LogP contribution >= 0.6 is 27.3 Å². The van der Waals surface area contributed by atoms with Gasteiger partial charge in [0.05, 0.1) is 6.04 Å². The van der Waals surface area contributed by atoms with E-state index < -0.39 is 0 Å². The quantitative estimate of drug-likeness (QED) is 0.811. The molecule has 1 unspecified atom stereocenters. The predicted octanol–water partition coefficient (Wildman–Crippen LogP) is 5.30. The number of hydrogen-bond donors (Lipinski definition) is 1. The monoisotopic (exact) mass is 309 g/mol. The van der Waals surface area contributed by atoms with Gasteiger partial charge in [0.15, 0.2) is 0 Å². The van der Waals surface area contributed by atoms with Crippen LogP contribution in [-0.4, -0.2) is 0 Å². The standard InChI is InChI=1S/C14H16BrNS/c1-9-4-5-10(2)13(8-9)16-11(3)14-12(15)6-7-17-14/h4-8,11,16H,1-3H3. The Balaban J connectivity index is 2.21. The second-order valence-corrected chi connectivity index (χ2v) is 6.12. The molecule has 17 heavy (non-hydrogen) atoms. The highest BCUT2D eigenvalue weighted by atomic mass is 79.9. The molecule has 1 aromatic heterocycles. The molecule has 2 rings (SSSR count). The largest absolute Gasteiger partial charge is 0.377 e. The van der Waals surface area contributed by atoms with Crippen molar-refractivity contribution < 1.29 is 0 Å². The van der Waals surface area contributed by atoms with E-state index in [9.17, 15) is 0 Å². The Morgan fingerprint density at radius 3 is 2.65 bits per heavy atom. The van der Waals surface area contributed by atoms with Crippen LogP contribution in [0.2, 0.25) is 0 Å². The third-order valence-electron chi connectivity index (χ3n) is 2.80. The van der Waals surface area contributed by atoms with Gasteiger partial charge in [-0.2, -0.15) is 0 Å². The molecular formula is C14H16BrNS. The molecule has 1 nitrogen and oxygen atoms in total. The Bertz CT molecular complexity index is 519. The first kappa shape index (κ1) is 12.7. The fourth-order valence-electron chi connectivity index (χ4n) is 1.80. The molecule has 0 saturated carbocycles. The van der Waals surface area contributed by atoms with Crippen LogP contribution in [0.15, 0.2) is 34.1 Å². The summed E-state index contributed by atoms with van der Waals surface area (Å²) in [4.78, 5) is 1.34. The summed E-state index contributed by atoms with van der Waals surface area (Å²) >= 11 is 5.36. The highest BCUT2D eigenvalue weighted by Gasteiger charge is 2.11. The Labute approximate surface area is 115 Å². The SMILES string of the molecule is Cc1ccc(C)c(NC(C)c2sccc2Br)c1. The lowest BCUT2D eigenvalue weighted by Gasteiger charge is -2.17. The van der Waals surface area contributed by atoms with Crippen molar-refractivity contribution in [1.82, 2.24) is 0 Å². The molecule has 0 aliphatic heterocycles. The zero-order valence-electron chi connectivity index (χ0n) is 10.3. The Hall–Kier alpha value is -0.800. The van der Waals surface area contributed by atoms with Crippen molar-refractivity contribution in [2.24, 2.45) is 0 Å². The normalized spacial score (nSPS) is 12.5. The molecule has 1 aromatic carbocycles. The highest BCUT2D eigenvalue weighted by Crippen LogP contribution is 2.31. The molecule has 0 spiro atoms. The van der Waals surface area contributed by atoms with Crippen molar-refractivity contribution in [2.45, 2.75) is 26.8 Å². The smallest absolute Gasteiger partial charge is 0.0589 e. The molecule has 0 bridgehead atoms. The fourth-order valence-corrected chi connectivity index (χ4v) is 3.53. The van der Waals surface area contributed by atoms with Crippen LogP contribution < -0.4 is 5.32 Å². The van der Waals surface area contributed by atoms with Gasteiger partial charge in [-0.3, -0.25) is 0 Å². The maximum atomic E-state index is 3.58. The van der Waals surface area contributed by atoms with Crippen LogP contribution in [0.4, 0.5) is 5.69 Å². The molecule has 0 fully saturated rings. The zero-order valence-corrected chi connectivity index (χ0v) is 12.7. The lowest BCUT2D eigenvalue weighted by molar-refractivity contribution is 0.900. The van der Waals surface area contributed by atoms with Crippen molar-refractivity contribution in [3.05, 3.63) is 50.1 Å². The first-order chi connectivity index (χ1) is 8.08. The van der Waals surface area contributed by atoms with Gasteiger partial charge < -0.3 is 5.32 Å². The molecule has 0 aliphatic rings. The van der Waals surface area contributed by atoms with Crippen molar-refractivity contribution in [1.29, 1.82) is 0 Å². The van der Waals surface area contributed by atoms with Crippen molar-refractivity contribution >= 4 is 33.0 Å². The molecular weight excluding hydrogens is 294 g/mol. The van der Waals surface area contributed by atoms with E-state index in [1.165, 1.54) is 26.2 Å². The van der Waals surface area contributed by atoms with Crippen LogP contribution in [0, 0.1) is 13.8 Å². The lowest BCUT2D eigenvalue weighted by Crippen LogP contribution is -2.06. The van der Waals surface area contributed by atoms with Gasteiger partial charge in [0.2, 0.25) is 0 Å². The van der Waals surface area contributed by atoms with Gasteiger partial charge in [0.25, 0.3) is 0 Å². The van der Waals surface area contributed by atoms with E-state index >= 15 is 0 Å². The van der Waals surface area contributed by atoms with E-state index in [0.29, 0.717) is 6.04 Å². The van der Waals surface area contributed by atoms with E-state index in [1.807, 2.05) is 0 Å². The molecule has 3 heteroatoms. The van der Waals surface area contributed by atoms with E-state index in [1.54, 1.807) is 11.3 Å². The number of hydrogen-bond acceptors (Lipinski definition) is 2. The fraction of sp³-hybridized carbons (Fsp3) is 0.286. The molecule has 0 aliphatic carbocycles. The summed E-state index contributed by atoms with van der Waals surface area (Å²) in [6, 6.07) is 8.93. The van der Waals surface area contributed by atoms with E-state index in [2.05, 4.69) is 71.7 Å². The minimum Gasteiger partial charge on any atom is -0.377 e. The Kier molecular flexibility index (Phi) is 3.89. The number of rotatable bonds is 3. The summed E-state index contributed by atoms with van der Waals surface area (Å²) in [6.07, 6.45) is 0. The van der Waals surface area contributed by atoms with Crippen molar-refractivity contribution in [3.8, 4) is 0 Å². The second kappa shape index (κ2) is 5.23. The van der Waals surface area contributed by atoms with Gasteiger partial charge >= 0.3 is 0 Å². The van der Waals surface area contributed by atoms with Gasteiger partial charge in [0.1, 0.15) is 0 Å². The molecule has 0 radical (unpaired) electrons. The summed E-state index contributed by atoms with van der Waals surface area (Å²) in [7, 11) is 0. The van der Waals surface area contributed by atoms with Crippen LogP contribution in [-0.2, 0) is 0 Å². The van der Waals surface area contributed by atoms with E-state index in [4.69, 9.17) is 0 Å². The van der Waals surface area contributed by atoms with Gasteiger partial charge in [-0.1, -0.05) is 12.1 Å². The van der Waals surface area contributed by atoms with Gasteiger partial charge in [-0.15, -0.1) is 11.3 Å². The topological polar surface area (TPSA) is 12.0 Å². The molecule has 1 atom stereocenters. The first-order valence-electron chi connectivity index (χ1n) is 5.64. The first-order valence-corrected chi connectivity index (χ1v) is 7.32. The second-order valence-electron chi connectivity index (χ2n) is 4.32. The number of thiophene rings is 1. The maximum Gasteiger partial charge on any atom is 0.0589 e. The summed E-state index contributed by atoms with van der Waals surface area (Å²) in [6.45, 7) is 6.45. The number of nitrogens with one attached hydrogen (secondary N) is 1. The Morgan fingerprint density at radius 1 is 1.24 bits per heavy atom. The van der Waals surface area contributed by atoms with E-state index in [-0.39, 0.29) is 0 Å². The minimum absolute atomic E-state index is 0.324. The maximum absolute atomic E-state index is 3.58. The molecule has 1 heterocycles. The average Bonchev–Trinajstić information content (AvgIpc) is 2.70. The predicted molar refractivity (Wildman–Crippen MR) is 80.0 cm³/mol. The van der Waals surface area contributed by atoms with Gasteiger partial charge in [-0.25, -0.2) is 0 Å². The van der Waals surface area contributed by atoms with Crippen LogP contribution in [0.1, 0.15) is 29.0 Å². The van der Waals surface area contributed by atoms with Crippen LogP contribution in [0.5, 0.6) is 0 Å². The van der Waals surface area contributed by atoms with Gasteiger partial charge in [0, 0.05) is 15.0 Å². The van der Waals surface area contributed by atoms with Crippen molar-refractivity contribution in [2.75, 3.05) is 5.32 Å². The van der Waals surface area contributed by atoms with Gasteiger partial charge in [-0.05, 0) is 65.3 Å². The average molecular weight is 310 g/mol. The summed E-state index contributed by atoms with van der Waals surface area (Å²) in [5.74, 6) is 0. The van der Waals surface area contributed by atoms with Crippen LogP contribution in [0.25, 0.3) is 0 Å². The molecule has 2 aromatic rings. The zero-order chi connectivity index (χ0) is 12.4. The lowest BCUT2D eigenvalue weighted by atomic mass is 10.1. The number of aryl methyl sites for hydroxylation is 2. The molecule has 0 amide bonds. The minimum atomic E-state index is 0.324. The van der Waals surface area contributed by atoms with Crippen molar-refractivity contribution in [3.63, 3.8) is 0 Å².